The Kier molecular flexibility index (Phi) is 4.10. The minimum Gasteiger partial charge on any atom is -0.310 e. The second-order valence-corrected chi connectivity index (χ2v) is 11.3. The van der Waals surface area contributed by atoms with Crippen molar-refractivity contribution in [3.05, 3.63) is 133 Å². The van der Waals surface area contributed by atoms with E-state index in [1.807, 2.05) is 6.20 Å². The minimum atomic E-state index is -0.0674. The fourth-order valence-electron chi connectivity index (χ4n) is 7.16. The summed E-state index contributed by atoms with van der Waals surface area (Å²) in [5, 5.41) is 8.45. The Morgan fingerprint density at radius 1 is 0.525 bits per heavy atom. The summed E-state index contributed by atoms with van der Waals surface area (Å²) in [5.41, 5.74) is 12.1. The first-order chi connectivity index (χ1) is 19.6. The highest BCUT2D eigenvalue weighted by molar-refractivity contribution is 6.26. The van der Waals surface area contributed by atoms with Crippen molar-refractivity contribution in [2.24, 2.45) is 0 Å². The largest absolute Gasteiger partial charge is 0.310 e. The highest BCUT2D eigenvalue weighted by atomic mass is 15.2. The molecule has 4 heteroatoms. The van der Waals surface area contributed by atoms with Crippen LogP contribution >= 0.6 is 0 Å². The fourth-order valence-corrected chi connectivity index (χ4v) is 7.16. The first kappa shape index (κ1) is 21.8. The second-order valence-electron chi connectivity index (χ2n) is 11.3. The average Bonchev–Trinajstić information content (AvgIpc) is 3.62. The van der Waals surface area contributed by atoms with E-state index in [-0.39, 0.29) is 5.41 Å². The molecule has 8 aromatic rings. The molecule has 5 aromatic carbocycles. The molecule has 0 atom stereocenters. The number of nitrogens with zero attached hydrogens (tertiary/aromatic N) is 4. The summed E-state index contributed by atoms with van der Waals surface area (Å²) in [6, 6.07) is 41.9. The van der Waals surface area contributed by atoms with Crippen molar-refractivity contribution in [3.8, 4) is 5.69 Å². The third kappa shape index (κ3) is 2.63. The highest BCUT2D eigenvalue weighted by Gasteiger charge is 2.36. The van der Waals surface area contributed by atoms with Gasteiger partial charge in [0.15, 0.2) is 0 Å². The molecule has 0 radical (unpaired) electrons. The Bertz CT molecular complexity index is 2120. The first-order valence-electron chi connectivity index (χ1n) is 13.8. The van der Waals surface area contributed by atoms with Gasteiger partial charge in [-0.25, -0.2) is 4.52 Å². The van der Waals surface area contributed by atoms with Crippen LogP contribution in [-0.4, -0.2) is 14.2 Å². The van der Waals surface area contributed by atoms with Crippen LogP contribution in [0.5, 0.6) is 0 Å². The predicted molar refractivity (Wildman–Crippen MR) is 165 cm³/mol. The van der Waals surface area contributed by atoms with Crippen LogP contribution in [-0.2, 0) is 5.41 Å². The van der Waals surface area contributed by atoms with Gasteiger partial charge < -0.3 is 9.47 Å². The maximum atomic E-state index is 4.66. The zero-order valence-corrected chi connectivity index (χ0v) is 22.3. The second kappa shape index (κ2) is 7.51. The van der Waals surface area contributed by atoms with E-state index < -0.39 is 0 Å². The van der Waals surface area contributed by atoms with Crippen LogP contribution in [0.2, 0.25) is 0 Å². The lowest BCUT2D eigenvalue weighted by molar-refractivity contribution is 0.632. The molecule has 1 aliphatic heterocycles. The quantitative estimate of drug-likeness (QED) is 0.215. The Morgan fingerprint density at radius 2 is 1.12 bits per heavy atom. The molecule has 0 bridgehead atoms. The molecule has 4 nitrogen and oxygen atoms in total. The van der Waals surface area contributed by atoms with Crippen molar-refractivity contribution < 1.29 is 0 Å². The summed E-state index contributed by atoms with van der Waals surface area (Å²) in [6.45, 7) is 4.66. The van der Waals surface area contributed by atoms with Crippen molar-refractivity contribution in [3.63, 3.8) is 0 Å². The van der Waals surface area contributed by atoms with E-state index in [2.05, 4.69) is 148 Å². The summed E-state index contributed by atoms with van der Waals surface area (Å²) < 4.78 is 4.47. The molecule has 0 unspecified atom stereocenters. The maximum absolute atomic E-state index is 4.66. The smallest absolute Gasteiger partial charge is 0.0753 e. The Morgan fingerprint density at radius 3 is 1.85 bits per heavy atom. The van der Waals surface area contributed by atoms with Gasteiger partial charge in [0.25, 0.3) is 0 Å². The number of pyridine rings is 1. The molecule has 40 heavy (non-hydrogen) atoms. The van der Waals surface area contributed by atoms with Crippen LogP contribution in [0, 0.1) is 0 Å². The summed E-state index contributed by atoms with van der Waals surface area (Å²) in [5.74, 6) is 0. The third-order valence-corrected chi connectivity index (χ3v) is 8.94. The number of fused-ring (bicyclic) bond motifs is 5. The van der Waals surface area contributed by atoms with Gasteiger partial charge in [-0.1, -0.05) is 68.4 Å². The zero-order valence-electron chi connectivity index (χ0n) is 22.3. The van der Waals surface area contributed by atoms with E-state index in [0.717, 1.165) is 22.4 Å². The lowest BCUT2D eigenvalue weighted by Gasteiger charge is -2.42. The summed E-state index contributed by atoms with van der Waals surface area (Å²) >= 11 is 0. The van der Waals surface area contributed by atoms with Crippen LogP contribution < -0.4 is 4.90 Å². The average molecular weight is 515 g/mol. The normalized spacial score (nSPS) is 14.4. The Balaban J connectivity index is 1.27. The molecular weight excluding hydrogens is 488 g/mol. The molecule has 0 N–H and O–H groups in total. The predicted octanol–water partition coefficient (Wildman–Crippen LogP) is 9.13. The van der Waals surface area contributed by atoms with Crippen molar-refractivity contribution in [1.29, 1.82) is 0 Å². The highest BCUT2D eigenvalue weighted by Crippen LogP contribution is 2.51. The molecule has 0 spiro atoms. The Hall–Kier alpha value is -5.09. The number of para-hydroxylation sites is 2. The SMILES string of the molecule is CC1(C)c2ccccc2N(c2ccc(-n3c4cccc5c4c4c3cccc4n3nccc53)cc2)c2ccccc21. The fraction of sp³-hybridized carbons (Fsp3) is 0.0833. The lowest BCUT2D eigenvalue weighted by Crippen LogP contribution is -2.30. The lowest BCUT2D eigenvalue weighted by atomic mass is 9.73. The number of hydrogen-bond acceptors (Lipinski definition) is 2. The maximum Gasteiger partial charge on any atom is 0.0753 e. The van der Waals surface area contributed by atoms with Crippen LogP contribution in [0.3, 0.4) is 0 Å². The van der Waals surface area contributed by atoms with Crippen molar-refractivity contribution in [2.75, 3.05) is 4.90 Å². The molecular formula is C36H26N4. The van der Waals surface area contributed by atoms with Gasteiger partial charge >= 0.3 is 0 Å². The zero-order chi connectivity index (χ0) is 26.6. The molecule has 3 aromatic heterocycles. The third-order valence-electron chi connectivity index (χ3n) is 8.94. The topological polar surface area (TPSA) is 25.5 Å². The van der Waals surface area contributed by atoms with Gasteiger partial charge in [-0.3, -0.25) is 0 Å². The van der Waals surface area contributed by atoms with E-state index >= 15 is 0 Å². The number of rotatable bonds is 2. The van der Waals surface area contributed by atoms with E-state index in [1.54, 1.807) is 0 Å². The van der Waals surface area contributed by atoms with Gasteiger partial charge in [0.2, 0.25) is 0 Å². The van der Waals surface area contributed by atoms with E-state index in [1.165, 1.54) is 49.7 Å². The van der Waals surface area contributed by atoms with Crippen LogP contribution in [0.4, 0.5) is 17.1 Å². The van der Waals surface area contributed by atoms with Gasteiger partial charge in [-0.15, -0.1) is 0 Å². The van der Waals surface area contributed by atoms with Gasteiger partial charge in [-0.2, -0.15) is 5.10 Å². The van der Waals surface area contributed by atoms with E-state index in [9.17, 15) is 0 Å². The summed E-state index contributed by atoms with van der Waals surface area (Å²) in [7, 11) is 0. The van der Waals surface area contributed by atoms with Gasteiger partial charge in [0, 0.05) is 32.9 Å². The molecule has 0 fully saturated rings. The molecule has 0 aliphatic carbocycles. The number of hydrogen-bond donors (Lipinski definition) is 0. The van der Waals surface area contributed by atoms with Crippen molar-refractivity contribution in [2.45, 2.75) is 19.3 Å². The Labute approximate surface area is 231 Å². The number of aromatic nitrogens is 3. The van der Waals surface area contributed by atoms with Gasteiger partial charge in [0.1, 0.15) is 0 Å². The molecule has 1 aliphatic rings. The van der Waals surface area contributed by atoms with Crippen LogP contribution in [0.25, 0.3) is 43.9 Å². The van der Waals surface area contributed by atoms with Crippen LogP contribution in [0.1, 0.15) is 25.0 Å². The number of benzene rings is 5. The first-order valence-corrected chi connectivity index (χ1v) is 13.8. The van der Waals surface area contributed by atoms with Gasteiger partial charge in [0.05, 0.1) is 39.6 Å². The molecule has 190 valence electrons. The van der Waals surface area contributed by atoms with E-state index in [4.69, 9.17) is 0 Å². The standard InChI is InChI=1S/C36H26N4/c1-36(2)26-10-3-5-12-29(26)38(30-13-6-4-11-27(30)36)23-17-19-24(20-18-23)39-31-14-7-9-25-28-21-22-37-40(28)33-16-8-15-32(39)35(33)34(25)31/h3-22H,1-2H3. The summed E-state index contributed by atoms with van der Waals surface area (Å²) in [6.07, 6.45) is 1.89. The molecule has 9 rings (SSSR count). The number of anilines is 3. The van der Waals surface area contributed by atoms with Gasteiger partial charge in [-0.05, 0) is 71.8 Å². The molecule has 4 heterocycles. The monoisotopic (exact) mass is 514 g/mol. The summed E-state index contributed by atoms with van der Waals surface area (Å²) in [4.78, 5) is 2.41. The molecule has 0 saturated heterocycles. The van der Waals surface area contributed by atoms with Crippen LogP contribution in [0.15, 0.2) is 121 Å². The van der Waals surface area contributed by atoms with Crippen molar-refractivity contribution in [1.82, 2.24) is 14.2 Å². The van der Waals surface area contributed by atoms with E-state index in [0.29, 0.717) is 0 Å². The van der Waals surface area contributed by atoms with Crippen molar-refractivity contribution >= 4 is 55.3 Å². The minimum absolute atomic E-state index is 0.0674. The molecule has 0 saturated carbocycles. The molecule has 0 amide bonds.